The first kappa shape index (κ1) is 15.7. The maximum atomic E-state index is 5.88. The Morgan fingerprint density at radius 2 is 1.76 bits per heavy atom. The van der Waals surface area contributed by atoms with E-state index >= 15 is 0 Å². The fourth-order valence-electron chi connectivity index (χ4n) is 2.09. The first-order valence-electron chi connectivity index (χ1n) is 6.87. The molecule has 0 saturated heterocycles. The van der Waals surface area contributed by atoms with Crippen LogP contribution in [-0.4, -0.2) is 27.4 Å². The van der Waals surface area contributed by atoms with E-state index in [1.807, 2.05) is 12.1 Å². The van der Waals surface area contributed by atoms with Gasteiger partial charge in [-0.05, 0) is 53.1 Å². The summed E-state index contributed by atoms with van der Waals surface area (Å²) in [6.45, 7) is 1.17. The first-order chi connectivity index (χ1) is 10.3. The standard InChI is InChI=1S/C16H21NO3S/c1-18-14-9-13(3-6-17)10-15(19-2)16(14)20-7-4-12-5-8-21-11-12/h5,8-11H,3-4,6-7,17H2,1-2H3. The molecule has 1 aromatic carbocycles. The molecule has 0 aliphatic carbocycles. The predicted octanol–water partition coefficient (Wildman–Crippen LogP) is 2.89. The maximum absolute atomic E-state index is 5.88. The van der Waals surface area contributed by atoms with Crippen molar-refractivity contribution in [2.75, 3.05) is 27.4 Å². The van der Waals surface area contributed by atoms with Gasteiger partial charge in [-0.25, -0.2) is 0 Å². The van der Waals surface area contributed by atoms with E-state index < -0.39 is 0 Å². The van der Waals surface area contributed by atoms with Crippen LogP contribution in [0.4, 0.5) is 0 Å². The lowest BCUT2D eigenvalue weighted by Gasteiger charge is -2.16. The second-order valence-corrected chi connectivity index (χ2v) is 5.38. The zero-order chi connectivity index (χ0) is 15.1. The van der Waals surface area contributed by atoms with Crippen LogP contribution in [0.2, 0.25) is 0 Å². The van der Waals surface area contributed by atoms with Gasteiger partial charge in [-0.15, -0.1) is 0 Å². The van der Waals surface area contributed by atoms with Crippen molar-refractivity contribution in [3.05, 3.63) is 40.1 Å². The minimum Gasteiger partial charge on any atom is -0.493 e. The fraction of sp³-hybridized carbons (Fsp3) is 0.375. The van der Waals surface area contributed by atoms with Gasteiger partial charge in [0.25, 0.3) is 0 Å². The Hall–Kier alpha value is -1.72. The number of thiophene rings is 1. The maximum Gasteiger partial charge on any atom is 0.203 e. The van der Waals surface area contributed by atoms with E-state index in [2.05, 4.69) is 16.8 Å². The van der Waals surface area contributed by atoms with Gasteiger partial charge in [0.2, 0.25) is 5.75 Å². The number of rotatable bonds is 8. The Labute approximate surface area is 129 Å². The summed E-state index contributed by atoms with van der Waals surface area (Å²) in [7, 11) is 3.26. The second kappa shape index (κ2) is 7.90. The Morgan fingerprint density at radius 3 is 2.29 bits per heavy atom. The minimum atomic E-state index is 0.583. The quantitative estimate of drug-likeness (QED) is 0.815. The van der Waals surface area contributed by atoms with E-state index in [9.17, 15) is 0 Å². The van der Waals surface area contributed by atoms with Gasteiger partial charge in [0, 0.05) is 6.42 Å². The third kappa shape index (κ3) is 4.12. The number of methoxy groups -OCH3 is 2. The molecule has 0 radical (unpaired) electrons. The van der Waals surface area contributed by atoms with Gasteiger partial charge in [-0.1, -0.05) is 0 Å². The summed E-state index contributed by atoms with van der Waals surface area (Å²) >= 11 is 1.69. The van der Waals surface area contributed by atoms with Gasteiger partial charge in [0.1, 0.15) is 0 Å². The molecule has 5 heteroatoms. The number of nitrogens with two attached hydrogens (primary N) is 1. The van der Waals surface area contributed by atoms with Crippen LogP contribution in [0.1, 0.15) is 11.1 Å². The zero-order valence-corrected chi connectivity index (χ0v) is 13.2. The molecule has 0 amide bonds. The largest absolute Gasteiger partial charge is 0.493 e. The summed E-state index contributed by atoms with van der Waals surface area (Å²) in [6.07, 6.45) is 1.64. The highest BCUT2D eigenvalue weighted by molar-refractivity contribution is 7.07. The van der Waals surface area contributed by atoms with Crippen LogP contribution in [-0.2, 0) is 12.8 Å². The average Bonchev–Trinajstić information content (AvgIpc) is 3.01. The van der Waals surface area contributed by atoms with Gasteiger partial charge >= 0.3 is 0 Å². The molecule has 1 heterocycles. The molecule has 0 aliphatic heterocycles. The van der Waals surface area contributed by atoms with Crippen LogP contribution >= 0.6 is 11.3 Å². The molecule has 2 aromatic rings. The number of hydrogen-bond donors (Lipinski definition) is 1. The lowest BCUT2D eigenvalue weighted by atomic mass is 10.1. The van der Waals surface area contributed by atoms with Crippen molar-refractivity contribution in [2.24, 2.45) is 5.73 Å². The summed E-state index contributed by atoms with van der Waals surface area (Å²) < 4.78 is 16.7. The van der Waals surface area contributed by atoms with Crippen molar-refractivity contribution < 1.29 is 14.2 Å². The lowest BCUT2D eigenvalue weighted by Crippen LogP contribution is -2.06. The molecule has 114 valence electrons. The van der Waals surface area contributed by atoms with Crippen molar-refractivity contribution in [3.63, 3.8) is 0 Å². The molecule has 2 N–H and O–H groups in total. The van der Waals surface area contributed by atoms with Gasteiger partial charge < -0.3 is 19.9 Å². The molecule has 4 nitrogen and oxygen atoms in total. The Balaban J connectivity index is 2.12. The third-order valence-corrected chi connectivity index (χ3v) is 3.90. The molecule has 0 unspecified atom stereocenters. The predicted molar refractivity (Wildman–Crippen MR) is 85.8 cm³/mol. The molecule has 0 saturated carbocycles. The molecule has 2 rings (SSSR count). The first-order valence-corrected chi connectivity index (χ1v) is 7.81. The van der Waals surface area contributed by atoms with E-state index in [0.29, 0.717) is 30.4 Å². The minimum absolute atomic E-state index is 0.583. The molecular weight excluding hydrogens is 286 g/mol. The lowest BCUT2D eigenvalue weighted by molar-refractivity contribution is 0.277. The van der Waals surface area contributed by atoms with E-state index in [1.165, 1.54) is 5.56 Å². The van der Waals surface area contributed by atoms with Crippen LogP contribution in [0.3, 0.4) is 0 Å². The number of benzene rings is 1. The Bertz CT molecular complexity index is 530. The second-order valence-electron chi connectivity index (χ2n) is 4.60. The smallest absolute Gasteiger partial charge is 0.203 e. The summed E-state index contributed by atoms with van der Waals surface area (Å²) in [5.74, 6) is 2.02. The van der Waals surface area contributed by atoms with Crippen molar-refractivity contribution in [1.82, 2.24) is 0 Å². The van der Waals surface area contributed by atoms with Gasteiger partial charge in [0.15, 0.2) is 11.5 Å². The summed E-state index contributed by atoms with van der Waals surface area (Å²) in [5.41, 5.74) is 7.96. The highest BCUT2D eigenvalue weighted by Crippen LogP contribution is 2.38. The monoisotopic (exact) mass is 307 g/mol. The molecule has 0 aliphatic rings. The molecular formula is C16H21NO3S. The van der Waals surface area contributed by atoms with Crippen LogP contribution in [0.5, 0.6) is 17.2 Å². The van der Waals surface area contributed by atoms with Crippen LogP contribution in [0.15, 0.2) is 29.0 Å². The molecule has 1 aromatic heterocycles. The average molecular weight is 307 g/mol. The van der Waals surface area contributed by atoms with Crippen LogP contribution in [0.25, 0.3) is 0 Å². The van der Waals surface area contributed by atoms with Gasteiger partial charge in [-0.2, -0.15) is 11.3 Å². The summed E-state index contributed by atoms with van der Waals surface area (Å²) in [6, 6.07) is 6.01. The van der Waals surface area contributed by atoms with E-state index in [0.717, 1.165) is 18.4 Å². The van der Waals surface area contributed by atoms with E-state index in [4.69, 9.17) is 19.9 Å². The van der Waals surface area contributed by atoms with Crippen LogP contribution < -0.4 is 19.9 Å². The fourth-order valence-corrected chi connectivity index (χ4v) is 2.80. The molecule has 21 heavy (non-hydrogen) atoms. The van der Waals surface area contributed by atoms with Crippen molar-refractivity contribution in [1.29, 1.82) is 0 Å². The topological polar surface area (TPSA) is 53.7 Å². The van der Waals surface area contributed by atoms with Crippen molar-refractivity contribution in [3.8, 4) is 17.2 Å². The highest BCUT2D eigenvalue weighted by Gasteiger charge is 2.14. The zero-order valence-electron chi connectivity index (χ0n) is 12.4. The van der Waals surface area contributed by atoms with Crippen molar-refractivity contribution >= 4 is 11.3 Å². The van der Waals surface area contributed by atoms with Crippen LogP contribution in [0, 0.1) is 0 Å². The Morgan fingerprint density at radius 1 is 1.05 bits per heavy atom. The molecule has 0 fully saturated rings. The Kier molecular flexibility index (Phi) is 5.90. The normalized spacial score (nSPS) is 10.4. The molecule has 0 spiro atoms. The van der Waals surface area contributed by atoms with Gasteiger partial charge in [0.05, 0.1) is 20.8 Å². The highest BCUT2D eigenvalue weighted by atomic mass is 32.1. The summed E-state index contributed by atoms with van der Waals surface area (Å²) in [5, 5.41) is 4.19. The van der Waals surface area contributed by atoms with E-state index in [1.54, 1.807) is 25.6 Å². The molecule has 0 atom stereocenters. The van der Waals surface area contributed by atoms with E-state index in [-0.39, 0.29) is 0 Å². The van der Waals surface area contributed by atoms with Crippen molar-refractivity contribution in [2.45, 2.75) is 12.8 Å². The SMILES string of the molecule is COc1cc(CCN)cc(OC)c1OCCc1ccsc1. The number of hydrogen-bond acceptors (Lipinski definition) is 5. The molecule has 0 bridgehead atoms. The third-order valence-electron chi connectivity index (χ3n) is 3.17. The van der Waals surface area contributed by atoms with Gasteiger partial charge in [-0.3, -0.25) is 0 Å². The number of ether oxygens (including phenoxy) is 3. The summed E-state index contributed by atoms with van der Waals surface area (Å²) in [4.78, 5) is 0.